The van der Waals surface area contributed by atoms with Crippen LogP contribution in [0.2, 0.25) is 0 Å². The molecule has 214 valence electrons. The lowest BCUT2D eigenvalue weighted by Crippen LogP contribution is -2.66. The van der Waals surface area contributed by atoms with Crippen LogP contribution in [0.5, 0.6) is 0 Å². The van der Waals surface area contributed by atoms with Crippen molar-refractivity contribution < 1.29 is 15.3 Å². The summed E-state index contributed by atoms with van der Waals surface area (Å²) in [4.78, 5) is 28.8. The number of nitrogens with one attached hydrogen (secondary N) is 8. The standard InChI is InChI=1S/C24H47N9O2S.4H2/c1-23-14-25-8-11-28-17-24(18-29-12-9-26-15-23,19-30-13-10-27-16-23)33-22(35)5-2-4-21(34)32-7-3-6-31-20-36;;;;/h25-30H,2-19H2,1H3,(H,32,34)(H,33,35);4*1H. The highest BCUT2D eigenvalue weighted by molar-refractivity contribution is 7.78. The maximum absolute atomic E-state index is 12.9. The molecule has 0 saturated carbocycles. The molecule has 0 unspecified atom stereocenters. The Kier molecular flexibility index (Phi) is 15.2. The molecule has 0 spiro atoms. The highest BCUT2D eigenvalue weighted by Gasteiger charge is 2.32. The first kappa shape index (κ1) is 30.7. The average molecular weight is 534 g/mol. The molecule has 3 saturated heterocycles. The number of thiocarbonyl (C=S) groups is 1. The molecule has 0 aromatic carbocycles. The van der Waals surface area contributed by atoms with Crippen LogP contribution < -0.4 is 42.5 Å². The summed E-state index contributed by atoms with van der Waals surface area (Å²) in [6, 6.07) is 0. The zero-order chi connectivity index (χ0) is 26.0. The Morgan fingerprint density at radius 1 is 0.806 bits per heavy atom. The summed E-state index contributed by atoms with van der Waals surface area (Å²) in [6.45, 7) is 13.3. The van der Waals surface area contributed by atoms with Crippen molar-refractivity contribution in [2.24, 2.45) is 10.4 Å². The van der Waals surface area contributed by atoms with E-state index in [-0.39, 0.29) is 22.9 Å². The van der Waals surface area contributed by atoms with Gasteiger partial charge in [0.15, 0.2) is 0 Å². The average Bonchev–Trinajstić information content (AvgIpc) is 2.85. The Morgan fingerprint density at radius 2 is 1.28 bits per heavy atom. The van der Waals surface area contributed by atoms with E-state index in [0.717, 1.165) is 65.3 Å². The second kappa shape index (κ2) is 17.9. The van der Waals surface area contributed by atoms with E-state index in [1.165, 1.54) is 0 Å². The number of carbonyl (C=O) groups is 2. The van der Waals surface area contributed by atoms with E-state index in [1.807, 2.05) is 0 Å². The Labute approximate surface area is 227 Å². The fourth-order valence-electron chi connectivity index (χ4n) is 4.48. The molecule has 0 aliphatic carbocycles. The number of fused-ring (bicyclic) bond motifs is 15. The summed E-state index contributed by atoms with van der Waals surface area (Å²) in [5.41, 5.74) is -0.328. The van der Waals surface area contributed by atoms with Crippen molar-refractivity contribution in [3.63, 3.8) is 0 Å². The van der Waals surface area contributed by atoms with Gasteiger partial charge in [-0.3, -0.25) is 9.59 Å². The van der Waals surface area contributed by atoms with E-state index in [1.54, 1.807) is 0 Å². The van der Waals surface area contributed by atoms with Crippen LogP contribution in [0.4, 0.5) is 0 Å². The molecular weight excluding hydrogens is 478 g/mol. The summed E-state index contributed by atoms with van der Waals surface area (Å²) in [6.07, 6.45) is 1.88. The van der Waals surface area contributed by atoms with Crippen LogP contribution in [0, 0.1) is 5.41 Å². The number of isothiocyanates is 1. The van der Waals surface area contributed by atoms with E-state index in [9.17, 15) is 9.59 Å². The van der Waals surface area contributed by atoms with E-state index in [4.69, 9.17) is 0 Å². The predicted molar refractivity (Wildman–Crippen MR) is 156 cm³/mol. The lowest BCUT2D eigenvalue weighted by molar-refractivity contribution is -0.123. The van der Waals surface area contributed by atoms with Crippen LogP contribution >= 0.6 is 12.2 Å². The van der Waals surface area contributed by atoms with Crippen LogP contribution in [-0.2, 0) is 9.59 Å². The van der Waals surface area contributed by atoms with Gasteiger partial charge in [0.1, 0.15) is 0 Å². The number of amides is 2. The lowest BCUT2D eigenvalue weighted by atomic mass is 9.90. The van der Waals surface area contributed by atoms with Crippen LogP contribution in [0.1, 0.15) is 38.3 Å². The van der Waals surface area contributed by atoms with Gasteiger partial charge in [-0.15, -0.1) is 0 Å². The number of carbonyl (C=O) groups excluding carboxylic acids is 2. The highest BCUT2D eigenvalue weighted by Crippen LogP contribution is 2.12. The molecule has 3 aliphatic heterocycles. The molecule has 11 nitrogen and oxygen atoms in total. The Morgan fingerprint density at radius 3 is 1.78 bits per heavy atom. The van der Waals surface area contributed by atoms with Crippen molar-refractivity contribution in [3.8, 4) is 0 Å². The predicted octanol–water partition coefficient (Wildman–Crippen LogP) is -0.824. The molecule has 3 rings (SSSR count). The molecule has 8 N–H and O–H groups in total. The molecule has 3 heterocycles. The molecular formula is C24H55N9O2S. The van der Waals surface area contributed by atoms with Gasteiger partial charge in [0.05, 0.1) is 17.2 Å². The fourth-order valence-corrected chi connectivity index (χ4v) is 4.57. The molecule has 2 amide bonds. The second-order valence-corrected chi connectivity index (χ2v) is 10.4. The van der Waals surface area contributed by atoms with Crippen LogP contribution in [0.15, 0.2) is 4.99 Å². The van der Waals surface area contributed by atoms with E-state index in [2.05, 4.69) is 71.8 Å². The zero-order valence-corrected chi connectivity index (χ0v) is 22.7. The maximum atomic E-state index is 12.9. The van der Waals surface area contributed by atoms with Crippen LogP contribution in [-0.4, -0.2) is 114 Å². The summed E-state index contributed by atoms with van der Waals surface area (Å²) >= 11 is 4.53. The topological polar surface area (TPSA) is 143 Å². The molecule has 36 heavy (non-hydrogen) atoms. The number of hydrogen-bond donors (Lipinski definition) is 8. The SMILES string of the molecule is CC12CNCCNCC(NC(=O)CCCC(=O)NCCCN=C=S)(CNCCNC1)CNCCNC2.[HH].[HH].[HH].[HH]. The van der Waals surface area contributed by atoms with Crippen molar-refractivity contribution in [2.75, 3.05) is 91.6 Å². The molecule has 0 aromatic heterocycles. The largest absolute Gasteiger partial charge is 0.356 e. The molecule has 0 atom stereocenters. The summed E-state index contributed by atoms with van der Waals surface area (Å²) in [5, 5.41) is 29.9. The number of nitrogens with zero attached hydrogens (tertiary/aromatic N) is 1. The van der Waals surface area contributed by atoms with Gasteiger partial charge in [-0.25, -0.2) is 4.99 Å². The third-order valence-electron chi connectivity index (χ3n) is 6.53. The van der Waals surface area contributed by atoms with Gasteiger partial charge in [-0.05, 0) is 25.1 Å². The summed E-state index contributed by atoms with van der Waals surface area (Å²) in [7, 11) is 0. The molecule has 0 aromatic rings. The Balaban J connectivity index is -0.00000342. The lowest BCUT2D eigenvalue weighted by Gasteiger charge is -2.37. The van der Waals surface area contributed by atoms with Crippen molar-refractivity contribution in [1.29, 1.82) is 0 Å². The fraction of sp³-hybridized carbons (Fsp3) is 0.875. The van der Waals surface area contributed by atoms with Gasteiger partial charge in [0.2, 0.25) is 11.8 Å². The van der Waals surface area contributed by atoms with Gasteiger partial charge in [-0.1, -0.05) is 6.92 Å². The van der Waals surface area contributed by atoms with Gasteiger partial charge in [0.25, 0.3) is 0 Å². The first-order valence-corrected chi connectivity index (χ1v) is 13.7. The minimum Gasteiger partial charge on any atom is -0.356 e. The highest BCUT2D eigenvalue weighted by atomic mass is 32.1. The minimum absolute atomic E-state index is 0. The third kappa shape index (κ3) is 13.2. The van der Waals surface area contributed by atoms with E-state index < -0.39 is 5.54 Å². The smallest absolute Gasteiger partial charge is 0.220 e. The minimum atomic E-state index is -0.468. The molecule has 2 bridgehead atoms. The van der Waals surface area contributed by atoms with Crippen LogP contribution in [0.25, 0.3) is 0 Å². The van der Waals surface area contributed by atoms with Crippen LogP contribution in [0.3, 0.4) is 0 Å². The molecule has 3 fully saturated rings. The number of rotatable bonds is 9. The van der Waals surface area contributed by atoms with Gasteiger partial charge >= 0.3 is 0 Å². The number of aliphatic imine (C=N–C) groups is 1. The Hall–Kier alpha value is -1.50. The first-order valence-electron chi connectivity index (χ1n) is 13.3. The molecule has 0 radical (unpaired) electrons. The maximum Gasteiger partial charge on any atom is 0.220 e. The van der Waals surface area contributed by atoms with Crippen molar-refractivity contribution in [3.05, 3.63) is 0 Å². The van der Waals surface area contributed by atoms with Gasteiger partial charge in [-0.2, -0.15) is 0 Å². The quantitative estimate of drug-likeness (QED) is 0.108. The summed E-state index contributed by atoms with van der Waals surface area (Å²) in [5.74, 6) is -0.0761. The zero-order valence-electron chi connectivity index (χ0n) is 21.9. The van der Waals surface area contributed by atoms with Crippen molar-refractivity contribution in [1.82, 2.24) is 42.5 Å². The van der Waals surface area contributed by atoms with E-state index in [0.29, 0.717) is 52.0 Å². The van der Waals surface area contributed by atoms with E-state index >= 15 is 0 Å². The van der Waals surface area contributed by atoms with Crippen molar-refractivity contribution in [2.45, 2.75) is 38.1 Å². The first-order chi connectivity index (χ1) is 17.5. The normalized spacial score (nSPS) is 26.7. The molecule has 12 heteroatoms. The summed E-state index contributed by atoms with van der Waals surface area (Å²) < 4.78 is 0. The monoisotopic (exact) mass is 533 g/mol. The number of hydrogen-bond acceptors (Lipinski definition) is 10. The van der Waals surface area contributed by atoms with Gasteiger partial charge < -0.3 is 42.5 Å². The third-order valence-corrected chi connectivity index (χ3v) is 6.66. The molecule has 3 aliphatic rings. The van der Waals surface area contributed by atoms with Gasteiger partial charge in [0, 0.05) is 109 Å². The second-order valence-electron chi connectivity index (χ2n) is 10.2. The van der Waals surface area contributed by atoms with Crippen molar-refractivity contribution >= 4 is 29.2 Å². The Bertz CT molecular complexity index is 678.